The molecule has 3 aromatic carbocycles. The van der Waals surface area contributed by atoms with Gasteiger partial charge in [-0.05, 0) is 55.1 Å². The molecule has 1 aromatic heterocycles. The molecule has 2 amide bonds. The van der Waals surface area contributed by atoms with Gasteiger partial charge in [0, 0.05) is 16.2 Å². The quantitative estimate of drug-likeness (QED) is 0.345. The number of thioether (sulfide) groups is 1. The van der Waals surface area contributed by atoms with Crippen LogP contribution in [0.5, 0.6) is 0 Å². The molecule has 0 fully saturated rings. The first-order valence-electron chi connectivity index (χ1n) is 10.7. The first kappa shape index (κ1) is 21.9. The molecule has 1 aliphatic heterocycles. The molecule has 2 heterocycles. The Bertz CT molecular complexity index is 1370. The highest BCUT2D eigenvalue weighted by atomic mass is 32.2. The second kappa shape index (κ2) is 9.15. The van der Waals surface area contributed by atoms with Gasteiger partial charge in [-0.1, -0.05) is 47.6 Å². The lowest BCUT2D eigenvalue weighted by Gasteiger charge is -2.35. The lowest BCUT2D eigenvalue weighted by Crippen LogP contribution is -2.46. The molecule has 1 N–H and O–H groups in total. The number of allylic oxidation sites excluding steroid dienone is 1. The first-order valence-corrected chi connectivity index (χ1v) is 11.9. The van der Waals surface area contributed by atoms with Crippen LogP contribution in [0.2, 0.25) is 0 Å². The summed E-state index contributed by atoms with van der Waals surface area (Å²) in [6, 6.07) is 22.6. The maximum atomic E-state index is 13.7. The van der Waals surface area contributed by atoms with Gasteiger partial charge in [0.2, 0.25) is 5.82 Å². The molecule has 8 heteroatoms. The van der Waals surface area contributed by atoms with Gasteiger partial charge in [0.25, 0.3) is 5.89 Å². The highest BCUT2D eigenvalue weighted by molar-refractivity contribution is 7.98. The van der Waals surface area contributed by atoms with Crippen molar-refractivity contribution >= 4 is 29.1 Å². The lowest BCUT2D eigenvalue weighted by molar-refractivity contribution is 0.244. The molecule has 1 atom stereocenters. The topological polar surface area (TPSA) is 71.3 Å². The van der Waals surface area contributed by atoms with Crippen LogP contribution >= 0.6 is 11.8 Å². The first-order chi connectivity index (χ1) is 16.5. The van der Waals surface area contributed by atoms with Crippen LogP contribution in [-0.2, 0) is 0 Å². The summed E-state index contributed by atoms with van der Waals surface area (Å²) in [4.78, 5) is 20.5. The summed E-state index contributed by atoms with van der Waals surface area (Å²) < 4.78 is 19.4. The van der Waals surface area contributed by atoms with Crippen LogP contribution in [0.15, 0.2) is 94.0 Å². The molecule has 4 aromatic rings. The van der Waals surface area contributed by atoms with Crippen LogP contribution < -0.4 is 10.2 Å². The molecule has 1 unspecified atom stereocenters. The van der Waals surface area contributed by atoms with Crippen LogP contribution in [0.3, 0.4) is 0 Å². The fraction of sp³-hybridized carbons (Fsp3) is 0.115. The van der Waals surface area contributed by atoms with Crippen molar-refractivity contribution < 1.29 is 13.7 Å². The zero-order valence-corrected chi connectivity index (χ0v) is 19.3. The summed E-state index contributed by atoms with van der Waals surface area (Å²) >= 11 is 1.63. The van der Waals surface area contributed by atoms with E-state index in [1.165, 1.54) is 12.1 Å². The van der Waals surface area contributed by atoms with Crippen molar-refractivity contribution in [3.8, 4) is 11.4 Å². The monoisotopic (exact) mass is 472 g/mol. The summed E-state index contributed by atoms with van der Waals surface area (Å²) in [5, 5.41) is 7.17. The minimum absolute atomic E-state index is 0.253. The van der Waals surface area contributed by atoms with Gasteiger partial charge in [-0.2, -0.15) is 4.98 Å². The van der Waals surface area contributed by atoms with Gasteiger partial charge >= 0.3 is 6.03 Å². The fourth-order valence-corrected chi connectivity index (χ4v) is 4.44. The van der Waals surface area contributed by atoms with Crippen LogP contribution in [-0.4, -0.2) is 22.4 Å². The number of urea groups is 1. The third kappa shape index (κ3) is 4.08. The van der Waals surface area contributed by atoms with Crippen molar-refractivity contribution in [2.45, 2.75) is 17.9 Å². The van der Waals surface area contributed by atoms with E-state index in [1.807, 2.05) is 67.8 Å². The smallest absolute Gasteiger partial charge is 0.326 e. The Kier molecular flexibility index (Phi) is 5.90. The van der Waals surface area contributed by atoms with E-state index in [2.05, 4.69) is 15.5 Å². The van der Waals surface area contributed by atoms with E-state index in [4.69, 9.17) is 4.52 Å². The number of hydrogen-bond donors (Lipinski definition) is 1. The Morgan fingerprint density at radius 3 is 2.50 bits per heavy atom. The number of nitrogens with zero attached hydrogens (tertiary/aromatic N) is 3. The maximum Gasteiger partial charge on any atom is 0.326 e. The summed E-state index contributed by atoms with van der Waals surface area (Å²) in [6.07, 6.45) is 2.00. The molecule has 6 nitrogen and oxygen atoms in total. The summed E-state index contributed by atoms with van der Waals surface area (Å²) in [7, 11) is 0. The summed E-state index contributed by atoms with van der Waals surface area (Å²) in [5.41, 5.74) is 3.46. The average Bonchev–Trinajstić information content (AvgIpc) is 3.34. The molecule has 0 bridgehead atoms. The number of rotatable bonds is 5. The molecule has 0 saturated heterocycles. The van der Waals surface area contributed by atoms with E-state index < -0.39 is 6.04 Å². The van der Waals surface area contributed by atoms with Crippen LogP contribution in [0.25, 0.3) is 17.0 Å². The van der Waals surface area contributed by atoms with Gasteiger partial charge < -0.3 is 9.84 Å². The Hall–Kier alpha value is -3.91. The van der Waals surface area contributed by atoms with Crippen molar-refractivity contribution in [3.63, 3.8) is 0 Å². The Labute approximate surface area is 200 Å². The van der Waals surface area contributed by atoms with E-state index >= 15 is 0 Å². The highest BCUT2D eigenvalue weighted by Crippen LogP contribution is 2.39. The van der Waals surface area contributed by atoms with Crippen molar-refractivity contribution in [1.82, 2.24) is 15.5 Å². The molecular formula is C26H21FN4O2S. The summed E-state index contributed by atoms with van der Waals surface area (Å²) in [6.45, 7) is 1.86. The third-order valence-corrected chi connectivity index (χ3v) is 6.43. The van der Waals surface area contributed by atoms with Gasteiger partial charge in [-0.3, -0.25) is 4.90 Å². The van der Waals surface area contributed by atoms with Crippen molar-refractivity contribution in [1.29, 1.82) is 0 Å². The van der Waals surface area contributed by atoms with Crippen LogP contribution in [0, 0.1) is 5.82 Å². The predicted octanol–water partition coefficient (Wildman–Crippen LogP) is 6.30. The SMILES string of the molecule is CSc1ccc(N2C(=O)NC(c3ccccc3)C(c3nc(-c4cccc(F)c4)no3)=C2C)cc1. The molecule has 0 saturated carbocycles. The zero-order chi connectivity index (χ0) is 23.7. The molecule has 0 radical (unpaired) electrons. The van der Waals surface area contributed by atoms with Crippen molar-refractivity contribution in [3.05, 3.63) is 102 Å². The summed E-state index contributed by atoms with van der Waals surface area (Å²) in [5.74, 6) is 0.150. The highest BCUT2D eigenvalue weighted by Gasteiger charge is 2.36. The molecule has 0 spiro atoms. The Morgan fingerprint density at radius 1 is 1.03 bits per heavy atom. The molecule has 5 rings (SSSR count). The maximum absolute atomic E-state index is 13.7. The number of carbonyl (C=O) groups excluding carboxylic acids is 1. The lowest BCUT2D eigenvalue weighted by atomic mass is 9.94. The Morgan fingerprint density at radius 2 is 1.79 bits per heavy atom. The van der Waals surface area contributed by atoms with E-state index in [0.29, 0.717) is 16.8 Å². The predicted molar refractivity (Wildman–Crippen MR) is 131 cm³/mol. The molecule has 1 aliphatic rings. The number of aromatic nitrogens is 2. The average molecular weight is 473 g/mol. The number of anilines is 1. The van der Waals surface area contributed by atoms with Crippen molar-refractivity contribution in [2.75, 3.05) is 11.2 Å². The van der Waals surface area contributed by atoms with E-state index in [-0.39, 0.29) is 23.6 Å². The molecule has 170 valence electrons. The number of carbonyl (C=O) groups is 1. The normalized spacial score (nSPS) is 16.0. The second-order valence-corrected chi connectivity index (χ2v) is 8.64. The number of halogens is 1. The second-order valence-electron chi connectivity index (χ2n) is 7.76. The number of nitrogens with one attached hydrogen (secondary N) is 1. The molecule has 34 heavy (non-hydrogen) atoms. The molecular weight excluding hydrogens is 451 g/mol. The zero-order valence-electron chi connectivity index (χ0n) is 18.5. The van der Waals surface area contributed by atoms with Crippen LogP contribution in [0.1, 0.15) is 24.4 Å². The number of benzene rings is 3. The largest absolute Gasteiger partial charge is 0.334 e. The van der Waals surface area contributed by atoms with Gasteiger partial charge in [-0.25, -0.2) is 9.18 Å². The van der Waals surface area contributed by atoms with E-state index in [9.17, 15) is 9.18 Å². The van der Waals surface area contributed by atoms with Crippen LogP contribution in [0.4, 0.5) is 14.9 Å². The Balaban J connectivity index is 1.64. The van der Waals surface area contributed by atoms with Gasteiger partial charge in [0.1, 0.15) is 5.82 Å². The van der Waals surface area contributed by atoms with E-state index in [1.54, 1.807) is 28.8 Å². The third-order valence-electron chi connectivity index (χ3n) is 5.69. The van der Waals surface area contributed by atoms with Gasteiger partial charge in [0.05, 0.1) is 17.3 Å². The van der Waals surface area contributed by atoms with Gasteiger partial charge in [0.15, 0.2) is 0 Å². The number of amides is 2. The van der Waals surface area contributed by atoms with Gasteiger partial charge in [-0.15, -0.1) is 11.8 Å². The minimum atomic E-state index is -0.490. The van der Waals surface area contributed by atoms with Crippen molar-refractivity contribution in [2.24, 2.45) is 0 Å². The van der Waals surface area contributed by atoms with E-state index in [0.717, 1.165) is 16.1 Å². The molecule has 0 aliphatic carbocycles. The fourth-order valence-electron chi connectivity index (χ4n) is 4.04. The number of hydrogen-bond acceptors (Lipinski definition) is 5. The standard InChI is InChI=1S/C26H21FN4O2S/c1-16-22(25-29-24(30-33-25)18-9-6-10-19(27)15-18)23(17-7-4-3-5-8-17)28-26(32)31(16)20-11-13-21(34-2)14-12-20/h3-15,23H,1-2H3,(H,28,32). The minimum Gasteiger partial charge on any atom is -0.334 e.